The molecule has 13 heteroatoms. The molecule has 2 aromatic rings. The van der Waals surface area contributed by atoms with Gasteiger partial charge < -0.3 is 19.3 Å². The van der Waals surface area contributed by atoms with Gasteiger partial charge in [-0.2, -0.15) is 0 Å². The van der Waals surface area contributed by atoms with E-state index in [4.69, 9.17) is 9.47 Å². The highest BCUT2D eigenvalue weighted by atomic mass is 32.2. The Kier molecular flexibility index (Phi) is 9.04. The van der Waals surface area contributed by atoms with Gasteiger partial charge in [0.1, 0.15) is 28.9 Å². The van der Waals surface area contributed by atoms with Crippen molar-refractivity contribution in [3.63, 3.8) is 0 Å². The normalized spacial score (nSPS) is 18.4. The van der Waals surface area contributed by atoms with Crippen molar-refractivity contribution in [3.8, 4) is 17.2 Å². The molecule has 1 amide bonds. The Bertz CT molecular complexity index is 1260. The fourth-order valence-electron chi connectivity index (χ4n) is 4.07. The van der Waals surface area contributed by atoms with Gasteiger partial charge in [0, 0.05) is 6.54 Å². The maximum absolute atomic E-state index is 13.3. The summed E-state index contributed by atoms with van der Waals surface area (Å²) in [5.74, 6) is -1.31. The maximum atomic E-state index is 13.3. The molecular formula is C26H30F3NO8S. The molecule has 0 radical (unpaired) electrons. The van der Waals surface area contributed by atoms with Gasteiger partial charge in [0.25, 0.3) is 0 Å². The number of sulfone groups is 1. The first kappa shape index (κ1) is 30.1. The molecule has 2 aromatic carbocycles. The topological polar surface area (TPSA) is 119 Å². The fourth-order valence-corrected chi connectivity index (χ4v) is 5.82. The summed E-state index contributed by atoms with van der Waals surface area (Å²) in [6.45, 7) is 5.36. The van der Waals surface area contributed by atoms with Crippen LogP contribution in [0.5, 0.6) is 17.2 Å². The van der Waals surface area contributed by atoms with Crippen LogP contribution in [0.2, 0.25) is 0 Å². The predicted molar refractivity (Wildman–Crippen MR) is 133 cm³/mol. The van der Waals surface area contributed by atoms with Gasteiger partial charge in [-0.25, -0.2) is 18.0 Å². The first-order valence-electron chi connectivity index (χ1n) is 12.3. The zero-order valence-electron chi connectivity index (χ0n) is 21.6. The SMILES string of the molecule is CCC(C)(CC)OC(=O)N1CCC(S(=O)(=O)c2ccc(Oc3ccc(OC(F)(F)F)cc3)cc2)CC1C(=O)O. The highest BCUT2D eigenvalue weighted by molar-refractivity contribution is 7.92. The highest BCUT2D eigenvalue weighted by Gasteiger charge is 2.43. The summed E-state index contributed by atoms with van der Waals surface area (Å²) in [7, 11) is -3.96. The Morgan fingerprint density at radius 2 is 1.49 bits per heavy atom. The summed E-state index contributed by atoms with van der Waals surface area (Å²) < 4.78 is 78.4. The number of benzene rings is 2. The van der Waals surface area contributed by atoms with Gasteiger partial charge in [0.15, 0.2) is 9.84 Å². The number of hydrogen-bond donors (Lipinski definition) is 1. The van der Waals surface area contributed by atoms with Crippen LogP contribution in [0.25, 0.3) is 0 Å². The van der Waals surface area contributed by atoms with Gasteiger partial charge in [0.05, 0.1) is 10.1 Å². The number of likely N-dealkylation sites (tertiary alicyclic amines) is 1. The third kappa shape index (κ3) is 7.55. The van der Waals surface area contributed by atoms with Crippen LogP contribution >= 0.6 is 0 Å². The average molecular weight is 574 g/mol. The van der Waals surface area contributed by atoms with Gasteiger partial charge in [-0.1, -0.05) is 13.8 Å². The lowest BCUT2D eigenvalue weighted by Gasteiger charge is -2.38. The quantitative estimate of drug-likeness (QED) is 0.401. The van der Waals surface area contributed by atoms with Gasteiger partial charge in [-0.3, -0.25) is 4.90 Å². The number of carbonyl (C=O) groups is 2. The highest BCUT2D eigenvalue weighted by Crippen LogP contribution is 2.32. The lowest BCUT2D eigenvalue weighted by molar-refractivity contribution is -0.274. The lowest BCUT2D eigenvalue weighted by atomic mass is 10.00. The Labute approximate surface area is 224 Å². The van der Waals surface area contributed by atoms with E-state index in [-0.39, 0.29) is 35.8 Å². The number of carbonyl (C=O) groups excluding carboxylic acids is 1. The van der Waals surface area contributed by atoms with Gasteiger partial charge in [-0.15, -0.1) is 13.2 Å². The fraction of sp³-hybridized carbons (Fsp3) is 0.462. The molecule has 0 bridgehead atoms. The number of amides is 1. The van der Waals surface area contributed by atoms with Crippen LogP contribution in [0.1, 0.15) is 46.5 Å². The second kappa shape index (κ2) is 11.7. The second-order valence-corrected chi connectivity index (χ2v) is 11.6. The van der Waals surface area contributed by atoms with E-state index < -0.39 is 50.9 Å². The third-order valence-corrected chi connectivity index (χ3v) is 9.02. The van der Waals surface area contributed by atoms with Gasteiger partial charge in [0.2, 0.25) is 0 Å². The molecule has 2 atom stereocenters. The molecule has 0 aromatic heterocycles. The molecule has 39 heavy (non-hydrogen) atoms. The standard InChI is InChI=1S/C26H30F3NO8S/c1-4-25(3,5-2)38-24(33)30-15-14-21(16-22(30)23(31)32)39(34,35)20-12-10-18(11-13-20)36-17-6-8-19(9-7-17)37-26(27,28)29/h6-13,21-22H,4-5,14-16H2,1-3H3,(H,31,32). The van der Waals surface area contributed by atoms with Crippen LogP contribution in [0, 0.1) is 0 Å². The average Bonchev–Trinajstić information content (AvgIpc) is 2.88. The number of hydrogen-bond acceptors (Lipinski definition) is 7. The van der Waals surface area contributed by atoms with E-state index in [0.29, 0.717) is 12.8 Å². The van der Waals surface area contributed by atoms with Crippen LogP contribution in [-0.4, -0.2) is 60.3 Å². The van der Waals surface area contributed by atoms with Crippen molar-refractivity contribution in [1.29, 1.82) is 0 Å². The number of carboxylic acid groups (broad SMARTS) is 1. The van der Waals surface area contributed by atoms with Crippen molar-refractivity contribution >= 4 is 21.9 Å². The molecule has 9 nitrogen and oxygen atoms in total. The first-order chi connectivity index (χ1) is 18.2. The molecule has 1 aliphatic rings. The summed E-state index contributed by atoms with van der Waals surface area (Å²) in [4.78, 5) is 25.7. The van der Waals surface area contributed by atoms with Crippen molar-refractivity contribution in [3.05, 3.63) is 48.5 Å². The molecular weight excluding hydrogens is 543 g/mol. The van der Waals surface area contributed by atoms with Crippen LogP contribution in [0.15, 0.2) is 53.4 Å². The smallest absolute Gasteiger partial charge is 0.480 e. The molecule has 1 N–H and O–H groups in total. The molecule has 0 saturated carbocycles. The number of rotatable bonds is 9. The number of aliphatic carboxylic acids is 1. The minimum atomic E-state index is -4.82. The van der Waals surface area contributed by atoms with Crippen molar-refractivity contribution < 1.29 is 50.5 Å². The second-order valence-electron chi connectivity index (χ2n) is 9.36. The summed E-state index contributed by atoms with van der Waals surface area (Å²) in [6, 6.07) is 8.68. The Hall–Kier alpha value is -3.48. The number of halogens is 3. The maximum Gasteiger partial charge on any atom is 0.573 e. The summed E-state index contributed by atoms with van der Waals surface area (Å²) in [5, 5.41) is 8.71. The van der Waals surface area contributed by atoms with Gasteiger partial charge in [-0.05, 0) is 81.1 Å². The van der Waals surface area contributed by atoms with E-state index in [2.05, 4.69) is 4.74 Å². The minimum absolute atomic E-state index is 0.0285. The Morgan fingerprint density at radius 3 is 1.97 bits per heavy atom. The molecule has 0 spiro atoms. The molecule has 2 unspecified atom stereocenters. The van der Waals surface area contributed by atoms with Gasteiger partial charge >= 0.3 is 18.4 Å². The van der Waals surface area contributed by atoms with Crippen molar-refractivity contribution in [2.45, 2.75) is 74.6 Å². The predicted octanol–water partition coefficient (Wildman–Crippen LogP) is 5.78. The van der Waals surface area contributed by atoms with Crippen LogP contribution in [0.4, 0.5) is 18.0 Å². The zero-order chi connectivity index (χ0) is 29.0. The number of piperidine rings is 1. The van der Waals surface area contributed by atoms with E-state index >= 15 is 0 Å². The monoisotopic (exact) mass is 573 g/mol. The Morgan fingerprint density at radius 1 is 0.974 bits per heavy atom. The first-order valence-corrected chi connectivity index (χ1v) is 13.8. The molecule has 1 heterocycles. The van der Waals surface area contributed by atoms with Crippen LogP contribution in [-0.2, 0) is 19.4 Å². The van der Waals surface area contributed by atoms with Crippen molar-refractivity contribution in [2.24, 2.45) is 0 Å². The van der Waals surface area contributed by atoms with E-state index in [1.165, 1.54) is 36.4 Å². The number of alkyl halides is 3. The number of ether oxygens (including phenoxy) is 3. The number of carboxylic acids is 1. The molecule has 3 rings (SSSR count). The van der Waals surface area contributed by atoms with E-state index in [9.17, 15) is 36.3 Å². The van der Waals surface area contributed by atoms with Crippen molar-refractivity contribution in [2.75, 3.05) is 6.54 Å². The molecule has 0 aliphatic carbocycles. The number of nitrogens with zero attached hydrogens (tertiary/aromatic N) is 1. The molecule has 1 saturated heterocycles. The zero-order valence-corrected chi connectivity index (χ0v) is 22.4. The summed E-state index contributed by atoms with van der Waals surface area (Å²) in [5.41, 5.74) is -0.758. The third-order valence-electron chi connectivity index (χ3n) is 6.79. The van der Waals surface area contributed by atoms with Crippen LogP contribution < -0.4 is 9.47 Å². The van der Waals surface area contributed by atoms with E-state index in [1.807, 2.05) is 13.8 Å². The van der Waals surface area contributed by atoms with Crippen molar-refractivity contribution in [1.82, 2.24) is 4.90 Å². The summed E-state index contributed by atoms with van der Waals surface area (Å²) >= 11 is 0. The molecule has 1 fully saturated rings. The largest absolute Gasteiger partial charge is 0.573 e. The van der Waals surface area contributed by atoms with E-state index in [1.54, 1.807) is 6.92 Å². The Balaban J connectivity index is 1.69. The van der Waals surface area contributed by atoms with Crippen LogP contribution in [0.3, 0.4) is 0 Å². The lowest BCUT2D eigenvalue weighted by Crippen LogP contribution is -2.54. The minimum Gasteiger partial charge on any atom is -0.480 e. The molecule has 214 valence electrons. The summed E-state index contributed by atoms with van der Waals surface area (Å²) in [6.07, 6.45) is -4.80. The van der Waals surface area contributed by atoms with E-state index in [0.717, 1.165) is 17.0 Å². The molecule has 1 aliphatic heterocycles.